The van der Waals surface area contributed by atoms with Crippen molar-refractivity contribution in [3.05, 3.63) is 63.6 Å². The smallest absolute Gasteiger partial charge is 0.133 e. The minimum Gasteiger partial charge on any atom is -0.492 e. The Kier molecular flexibility index (Phi) is 5.31. The quantitative estimate of drug-likeness (QED) is 0.848. The fourth-order valence-electron chi connectivity index (χ4n) is 1.95. The van der Waals surface area contributed by atoms with E-state index in [1.807, 2.05) is 6.92 Å². The van der Waals surface area contributed by atoms with E-state index in [2.05, 4.69) is 15.9 Å². The van der Waals surface area contributed by atoms with Crippen LogP contribution >= 0.6 is 15.9 Å². The monoisotopic (exact) mass is 356 g/mol. The lowest BCUT2D eigenvalue weighted by molar-refractivity contribution is 0.208. The van der Waals surface area contributed by atoms with Gasteiger partial charge in [0.15, 0.2) is 0 Å². The SMILES string of the molecule is CCCOc1ccc(C(O)c2c(F)cccc2F)cc1Br. The van der Waals surface area contributed by atoms with Gasteiger partial charge in [0.05, 0.1) is 16.6 Å². The average molecular weight is 357 g/mol. The molecule has 0 amide bonds. The standard InChI is InChI=1S/C16H15BrF2O2/c1-2-8-21-14-7-6-10(9-11(14)17)16(20)15-12(18)4-3-5-13(15)19/h3-7,9,16,20H,2,8H2,1H3. The summed E-state index contributed by atoms with van der Waals surface area (Å²) in [6.45, 7) is 2.56. The van der Waals surface area contributed by atoms with Crippen molar-refractivity contribution in [2.45, 2.75) is 19.4 Å². The lowest BCUT2D eigenvalue weighted by Gasteiger charge is -2.15. The Morgan fingerprint density at radius 3 is 2.43 bits per heavy atom. The minimum absolute atomic E-state index is 0.355. The molecule has 1 atom stereocenters. The van der Waals surface area contributed by atoms with E-state index in [4.69, 9.17) is 4.74 Å². The van der Waals surface area contributed by atoms with Crippen molar-refractivity contribution >= 4 is 15.9 Å². The molecular weight excluding hydrogens is 342 g/mol. The third-order valence-corrected chi connectivity index (χ3v) is 3.63. The van der Waals surface area contributed by atoms with Crippen LogP contribution in [0.5, 0.6) is 5.75 Å². The number of halogens is 3. The highest BCUT2D eigenvalue weighted by molar-refractivity contribution is 9.10. The Morgan fingerprint density at radius 2 is 1.86 bits per heavy atom. The molecule has 0 heterocycles. The summed E-state index contributed by atoms with van der Waals surface area (Å²) in [5, 5.41) is 10.2. The number of ether oxygens (including phenoxy) is 1. The highest BCUT2D eigenvalue weighted by Gasteiger charge is 2.20. The molecule has 2 rings (SSSR count). The van der Waals surface area contributed by atoms with Crippen LogP contribution in [-0.2, 0) is 0 Å². The number of hydrogen-bond donors (Lipinski definition) is 1. The summed E-state index contributed by atoms with van der Waals surface area (Å²) in [6.07, 6.45) is -0.500. The second-order valence-corrected chi connectivity index (χ2v) is 5.43. The van der Waals surface area contributed by atoms with Gasteiger partial charge < -0.3 is 9.84 Å². The van der Waals surface area contributed by atoms with Crippen molar-refractivity contribution in [3.63, 3.8) is 0 Å². The molecule has 2 aromatic carbocycles. The second-order valence-electron chi connectivity index (χ2n) is 4.58. The molecule has 2 nitrogen and oxygen atoms in total. The van der Waals surface area contributed by atoms with Crippen LogP contribution in [0, 0.1) is 11.6 Å². The molecule has 0 aliphatic heterocycles. The van der Waals surface area contributed by atoms with Crippen LogP contribution in [0.3, 0.4) is 0 Å². The molecule has 0 aliphatic carbocycles. The van der Waals surface area contributed by atoms with Crippen molar-refractivity contribution < 1.29 is 18.6 Å². The lowest BCUT2D eigenvalue weighted by atomic mass is 10.0. The summed E-state index contributed by atoms with van der Waals surface area (Å²) in [7, 11) is 0. The average Bonchev–Trinajstić information content (AvgIpc) is 2.45. The predicted octanol–water partition coefficient (Wildman–Crippen LogP) is 4.60. The van der Waals surface area contributed by atoms with Gasteiger partial charge in [0.2, 0.25) is 0 Å². The van der Waals surface area contributed by atoms with E-state index in [9.17, 15) is 13.9 Å². The van der Waals surface area contributed by atoms with Crippen molar-refractivity contribution in [3.8, 4) is 5.75 Å². The third kappa shape index (κ3) is 3.60. The summed E-state index contributed by atoms with van der Waals surface area (Å²) in [5.41, 5.74) is 0.0290. The summed E-state index contributed by atoms with van der Waals surface area (Å²) in [6, 6.07) is 8.36. The van der Waals surface area contributed by atoms with Gasteiger partial charge in [-0.2, -0.15) is 0 Å². The van der Waals surface area contributed by atoms with Gasteiger partial charge in [0, 0.05) is 0 Å². The van der Waals surface area contributed by atoms with Gasteiger partial charge in [-0.1, -0.05) is 19.1 Å². The maximum atomic E-state index is 13.7. The van der Waals surface area contributed by atoms with Crippen LogP contribution in [0.15, 0.2) is 40.9 Å². The number of benzene rings is 2. The van der Waals surface area contributed by atoms with Gasteiger partial charge in [0.25, 0.3) is 0 Å². The molecule has 21 heavy (non-hydrogen) atoms. The maximum Gasteiger partial charge on any atom is 0.133 e. The molecule has 1 N–H and O–H groups in total. The second kappa shape index (κ2) is 7.00. The molecule has 0 aliphatic rings. The Labute approximate surface area is 130 Å². The molecule has 0 radical (unpaired) electrons. The van der Waals surface area contributed by atoms with E-state index in [0.29, 0.717) is 22.4 Å². The highest BCUT2D eigenvalue weighted by atomic mass is 79.9. The van der Waals surface area contributed by atoms with Gasteiger partial charge in [-0.3, -0.25) is 0 Å². The Balaban J connectivity index is 2.32. The van der Waals surface area contributed by atoms with E-state index in [-0.39, 0.29) is 5.56 Å². The summed E-state index contributed by atoms with van der Waals surface area (Å²) in [5.74, 6) is -0.920. The predicted molar refractivity (Wildman–Crippen MR) is 80.3 cm³/mol. The molecule has 0 spiro atoms. The molecule has 0 aromatic heterocycles. The number of aliphatic hydroxyl groups excluding tert-OH is 1. The lowest BCUT2D eigenvalue weighted by Crippen LogP contribution is -2.06. The molecule has 2 aromatic rings. The Hall–Kier alpha value is -1.46. The number of hydrogen-bond acceptors (Lipinski definition) is 2. The van der Waals surface area contributed by atoms with Gasteiger partial charge in [-0.05, 0) is 52.2 Å². The van der Waals surface area contributed by atoms with Crippen LogP contribution in [0.2, 0.25) is 0 Å². The zero-order valence-corrected chi connectivity index (χ0v) is 13.0. The zero-order chi connectivity index (χ0) is 15.4. The van der Waals surface area contributed by atoms with E-state index < -0.39 is 17.7 Å². The Bertz CT molecular complexity index is 611. The number of aliphatic hydroxyl groups is 1. The molecule has 0 saturated heterocycles. The largest absolute Gasteiger partial charge is 0.492 e. The summed E-state index contributed by atoms with van der Waals surface area (Å²) >= 11 is 3.33. The van der Waals surface area contributed by atoms with E-state index in [1.165, 1.54) is 6.07 Å². The van der Waals surface area contributed by atoms with E-state index in [1.54, 1.807) is 18.2 Å². The first kappa shape index (κ1) is 15.9. The van der Waals surface area contributed by atoms with Crippen LogP contribution in [0.4, 0.5) is 8.78 Å². The van der Waals surface area contributed by atoms with Crippen molar-refractivity contribution in [2.75, 3.05) is 6.61 Å². The fraction of sp³-hybridized carbons (Fsp3) is 0.250. The fourth-order valence-corrected chi connectivity index (χ4v) is 2.47. The van der Waals surface area contributed by atoms with Crippen LogP contribution < -0.4 is 4.74 Å². The molecule has 1 unspecified atom stereocenters. The molecule has 0 saturated carbocycles. The van der Waals surface area contributed by atoms with E-state index >= 15 is 0 Å². The van der Waals surface area contributed by atoms with Gasteiger partial charge in [0.1, 0.15) is 23.5 Å². The third-order valence-electron chi connectivity index (χ3n) is 3.01. The van der Waals surface area contributed by atoms with Crippen molar-refractivity contribution in [2.24, 2.45) is 0 Å². The van der Waals surface area contributed by atoms with Crippen LogP contribution in [0.25, 0.3) is 0 Å². The minimum atomic E-state index is -1.37. The Morgan fingerprint density at radius 1 is 1.19 bits per heavy atom. The first-order valence-corrected chi connectivity index (χ1v) is 7.38. The molecule has 0 bridgehead atoms. The van der Waals surface area contributed by atoms with Gasteiger partial charge in [-0.15, -0.1) is 0 Å². The topological polar surface area (TPSA) is 29.5 Å². The summed E-state index contributed by atoms with van der Waals surface area (Å²) < 4.78 is 33.5. The van der Waals surface area contributed by atoms with E-state index in [0.717, 1.165) is 18.6 Å². The highest BCUT2D eigenvalue weighted by Crippen LogP contribution is 2.32. The summed E-state index contributed by atoms with van der Waals surface area (Å²) in [4.78, 5) is 0. The number of rotatable bonds is 5. The first-order valence-electron chi connectivity index (χ1n) is 6.58. The van der Waals surface area contributed by atoms with Crippen molar-refractivity contribution in [1.29, 1.82) is 0 Å². The van der Waals surface area contributed by atoms with Gasteiger partial charge >= 0.3 is 0 Å². The maximum absolute atomic E-state index is 13.7. The molecule has 112 valence electrons. The van der Waals surface area contributed by atoms with Crippen LogP contribution in [0.1, 0.15) is 30.6 Å². The first-order chi connectivity index (χ1) is 10.0. The van der Waals surface area contributed by atoms with Gasteiger partial charge in [-0.25, -0.2) is 8.78 Å². The normalized spacial score (nSPS) is 12.2. The molecule has 5 heteroatoms. The molecule has 0 fully saturated rings. The molecular formula is C16H15BrF2O2. The van der Waals surface area contributed by atoms with Crippen molar-refractivity contribution in [1.82, 2.24) is 0 Å². The zero-order valence-electron chi connectivity index (χ0n) is 11.4. The van der Waals surface area contributed by atoms with Crippen LogP contribution in [-0.4, -0.2) is 11.7 Å².